The van der Waals surface area contributed by atoms with Gasteiger partial charge in [0.25, 0.3) is 5.91 Å². The number of nitrogens with two attached hydrogens (primary N) is 1. The lowest BCUT2D eigenvalue weighted by Crippen LogP contribution is -2.21. The van der Waals surface area contributed by atoms with E-state index >= 15 is 0 Å². The Hall–Kier alpha value is -1.93. The largest absolute Gasteiger partial charge is 0.365 e. The zero-order valence-electron chi connectivity index (χ0n) is 14.1. The van der Waals surface area contributed by atoms with E-state index in [4.69, 9.17) is 5.73 Å². The van der Waals surface area contributed by atoms with Crippen molar-refractivity contribution in [1.82, 2.24) is 4.57 Å². The minimum Gasteiger partial charge on any atom is -0.365 e. The van der Waals surface area contributed by atoms with E-state index in [1.54, 1.807) is 9.95 Å². The van der Waals surface area contributed by atoms with Gasteiger partial charge in [-0.3, -0.25) is 14.4 Å². The summed E-state index contributed by atoms with van der Waals surface area (Å²) in [6, 6.07) is 0. The number of thiazole rings is 1. The van der Waals surface area contributed by atoms with E-state index < -0.39 is 5.91 Å². The van der Waals surface area contributed by atoms with Crippen LogP contribution in [0.4, 0.5) is 5.00 Å². The fourth-order valence-electron chi connectivity index (χ4n) is 3.17. The molecule has 134 valence electrons. The van der Waals surface area contributed by atoms with Gasteiger partial charge >= 0.3 is 4.87 Å². The number of aryl methyl sites for hydroxylation is 2. The summed E-state index contributed by atoms with van der Waals surface area (Å²) in [5, 5.41) is 5.17. The third-order valence-electron chi connectivity index (χ3n) is 4.46. The predicted octanol–water partition coefficient (Wildman–Crippen LogP) is 2.68. The number of carbonyl (C=O) groups is 2. The van der Waals surface area contributed by atoms with Crippen molar-refractivity contribution < 1.29 is 9.59 Å². The number of anilines is 1. The number of thiophene rings is 1. The molecule has 0 saturated heterocycles. The Morgan fingerprint density at radius 3 is 2.72 bits per heavy atom. The van der Waals surface area contributed by atoms with Crippen LogP contribution in [-0.4, -0.2) is 16.4 Å². The molecule has 1 aliphatic rings. The molecule has 2 amide bonds. The number of fused-ring (bicyclic) bond motifs is 1. The first-order valence-corrected chi connectivity index (χ1v) is 10.1. The summed E-state index contributed by atoms with van der Waals surface area (Å²) in [5.74, 6) is -0.698. The van der Waals surface area contributed by atoms with Gasteiger partial charge in [0.15, 0.2) is 0 Å². The van der Waals surface area contributed by atoms with Crippen LogP contribution in [0.3, 0.4) is 0 Å². The number of amides is 2. The lowest BCUT2D eigenvalue weighted by Gasteiger charge is -2.07. The van der Waals surface area contributed by atoms with Gasteiger partial charge in [-0.2, -0.15) is 0 Å². The van der Waals surface area contributed by atoms with E-state index in [-0.39, 0.29) is 17.2 Å². The summed E-state index contributed by atoms with van der Waals surface area (Å²) in [6.07, 6.45) is 5.23. The maximum Gasteiger partial charge on any atom is 0.307 e. The first-order valence-electron chi connectivity index (χ1n) is 8.36. The summed E-state index contributed by atoms with van der Waals surface area (Å²) < 4.78 is 1.59. The lowest BCUT2D eigenvalue weighted by atomic mass is 10.1. The van der Waals surface area contributed by atoms with Crippen LogP contribution >= 0.6 is 22.7 Å². The molecule has 0 unspecified atom stereocenters. The fourth-order valence-corrected chi connectivity index (χ4v) is 5.24. The number of hydrogen-bond donors (Lipinski definition) is 2. The monoisotopic (exact) mass is 379 g/mol. The number of hydrogen-bond acceptors (Lipinski definition) is 5. The molecule has 2 aromatic rings. The molecule has 0 fully saturated rings. The van der Waals surface area contributed by atoms with Gasteiger partial charge in [0.1, 0.15) is 5.00 Å². The molecule has 0 saturated carbocycles. The Balaban J connectivity index is 1.75. The van der Waals surface area contributed by atoms with Crippen LogP contribution in [-0.2, 0) is 24.2 Å². The topological polar surface area (TPSA) is 94.2 Å². The van der Waals surface area contributed by atoms with Gasteiger partial charge in [-0.1, -0.05) is 17.8 Å². The molecule has 8 heteroatoms. The number of aromatic nitrogens is 1. The third kappa shape index (κ3) is 3.85. The molecule has 0 aromatic carbocycles. The van der Waals surface area contributed by atoms with Crippen LogP contribution < -0.4 is 15.9 Å². The minimum absolute atomic E-state index is 0.0639. The van der Waals surface area contributed by atoms with E-state index in [1.807, 2.05) is 6.92 Å². The summed E-state index contributed by atoms with van der Waals surface area (Å²) in [6.45, 7) is 2.17. The smallest absolute Gasteiger partial charge is 0.307 e. The second-order valence-electron chi connectivity index (χ2n) is 6.23. The Morgan fingerprint density at radius 1 is 1.28 bits per heavy atom. The second-order valence-corrected chi connectivity index (χ2v) is 8.15. The van der Waals surface area contributed by atoms with E-state index in [1.165, 1.54) is 11.3 Å². The Kier molecular flexibility index (Phi) is 5.39. The lowest BCUT2D eigenvalue weighted by molar-refractivity contribution is -0.116. The molecule has 0 spiro atoms. The Labute approximate surface area is 153 Å². The van der Waals surface area contributed by atoms with Gasteiger partial charge in [0.05, 0.1) is 5.56 Å². The van der Waals surface area contributed by atoms with Crippen molar-refractivity contribution in [1.29, 1.82) is 0 Å². The standard InChI is InChI=1S/C17H21N3O3S2/c1-10-9-24-17(23)20(10)8-7-13(21)19-16-14(15(18)22)11-5-3-2-4-6-12(11)25-16/h9H,2-8H2,1H3,(H2,18,22)(H,19,21). The highest BCUT2D eigenvalue weighted by molar-refractivity contribution is 7.17. The number of nitrogens with one attached hydrogen (secondary N) is 1. The Morgan fingerprint density at radius 2 is 2.04 bits per heavy atom. The summed E-state index contributed by atoms with van der Waals surface area (Å²) in [4.78, 5) is 37.0. The van der Waals surface area contributed by atoms with E-state index in [2.05, 4.69) is 5.32 Å². The molecule has 3 N–H and O–H groups in total. The molecule has 0 atom stereocenters. The van der Waals surface area contributed by atoms with Crippen molar-refractivity contribution >= 4 is 39.5 Å². The van der Waals surface area contributed by atoms with Gasteiger partial charge in [-0.25, -0.2) is 0 Å². The van der Waals surface area contributed by atoms with Gasteiger partial charge < -0.3 is 15.6 Å². The van der Waals surface area contributed by atoms with Gasteiger partial charge in [-0.15, -0.1) is 11.3 Å². The van der Waals surface area contributed by atoms with Gasteiger partial charge in [0, 0.05) is 28.9 Å². The van der Waals surface area contributed by atoms with Crippen molar-refractivity contribution in [3.63, 3.8) is 0 Å². The highest BCUT2D eigenvalue weighted by atomic mass is 32.1. The summed E-state index contributed by atoms with van der Waals surface area (Å²) in [5.41, 5.74) is 7.90. The van der Waals surface area contributed by atoms with Gasteiger partial charge in [-0.05, 0) is 38.2 Å². The highest BCUT2D eigenvalue weighted by Crippen LogP contribution is 2.37. The fraction of sp³-hybridized carbons (Fsp3) is 0.471. The number of nitrogens with zero attached hydrogens (tertiary/aromatic N) is 1. The first-order chi connectivity index (χ1) is 12.0. The molecule has 0 bridgehead atoms. The molecule has 25 heavy (non-hydrogen) atoms. The molecular formula is C17H21N3O3S2. The molecule has 2 heterocycles. The molecule has 0 aliphatic heterocycles. The molecular weight excluding hydrogens is 358 g/mol. The second kappa shape index (κ2) is 7.53. The predicted molar refractivity (Wildman–Crippen MR) is 101 cm³/mol. The molecule has 6 nitrogen and oxygen atoms in total. The number of rotatable bonds is 5. The first kappa shape index (κ1) is 17.9. The molecule has 2 aromatic heterocycles. The van der Waals surface area contributed by atoms with E-state index in [0.29, 0.717) is 17.1 Å². The summed E-state index contributed by atoms with van der Waals surface area (Å²) in [7, 11) is 0. The average molecular weight is 380 g/mol. The molecule has 0 radical (unpaired) electrons. The van der Waals surface area contributed by atoms with Crippen molar-refractivity contribution in [3.8, 4) is 0 Å². The van der Waals surface area contributed by atoms with E-state index in [0.717, 1.165) is 59.6 Å². The van der Waals surface area contributed by atoms with Crippen molar-refractivity contribution in [2.75, 3.05) is 5.32 Å². The zero-order valence-corrected chi connectivity index (χ0v) is 15.7. The van der Waals surface area contributed by atoms with Crippen LogP contribution in [0.15, 0.2) is 10.2 Å². The maximum atomic E-state index is 12.3. The third-order valence-corrected chi connectivity index (χ3v) is 6.55. The molecule has 1 aliphatic carbocycles. The van der Waals surface area contributed by atoms with Crippen LogP contribution in [0.2, 0.25) is 0 Å². The maximum absolute atomic E-state index is 12.3. The Bertz CT molecular complexity index is 863. The average Bonchev–Trinajstić information content (AvgIpc) is 2.96. The SMILES string of the molecule is Cc1csc(=O)n1CCC(=O)Nc1sc2c(c1C(N)=O)CCCCC2. The molecule has 3 rings (SSSR count). The van der Waals surface area contributed by atoms with Crippen molar-refractivity contribution in [2.45, 2.75) is 52.0 Å². The van der Waals surface area contributed by atoms with Crippen molar-refractivity contribution in [3.05, 3.63) is 36.7 Å². The number of carbonyl (C=O) groups excluding carboxylic acids is 2. The normalized spacial score (nSPS) is 14.0. The van der Waals surface area contributed by atoms with E-state index in [9.17, 15) is 14.4 Å². The van der Waals surface area contributed by atoms with Crippen LogP contribution in [0.25, 0.3) is 0 Å². The van der Waals surface area contributed by atoms with Crippen LogP contribution in [0.5, 0.6) is 0 Å². The minimum atomic E-state index is -0.486. The zero-order chi connectivity index (χ0) is 18.0. The van der Waals surface area contributed by atoms with Crippen LogP contribution in [0, 0.1) is 6.92 Å². The number of primary amides is 1. The van der Waals surface area contributed by atoms with Crippen LogP contribution in [0.1, 0.15) is 52.2 Å². The summed E-state index contributed by atoms with van der Waals surface area (Å²) >= 11 is 2.59. The van der Waals surface area contributed by atoms with Gasteiger partial charge in [0.2, 0.25) is 5.91 Å². The quantitative estimate of drug-likeness (QED) is 0.782. The highest BCUT2D eigenvalue weighted by Gasteiger charge is 2.24. The van der Waals surface area contributed by atoms with Crippen molar-refractivity contribution in [2.24, 2.45) is 5.73 Å².